The number of rotatable bonds is 3. The summed E-state index contributed by atoms with van der Waals surface area (Å²) in [6.07, 6.45) is 0.0836. The standard InChI is InChI=1S/C28H22N2O7/c1-3-28(33)19-9-21-25-17(11-30(21)26(31)18(19)12-35-27(28)32)24(14-4-6-15(34-2)7-5-14)16-8-22-23(37-13-36-22)10-20(16)29-25/h4-10,33H,3,11-13H2,1-2H3/t28-/m0/s1. The summed E-state index contributed by atoms with van der Waals surface area (Å²) in [5, 5.41) is 12.0. The average Bonchev–Trinajstić information content (AvgIpc) is 3.53. The van der Waals surface area contributed by atoms with Crippen molar-refractivity contribution in [3.63, 3.8) is 0 Å². The highest BCUT2D eigenvalue weighted by Crippen LogP contribution is 2.46. The maximum absolute atomic E-state index is 13.6. The monoisotopic (exact) mass is 498 g/mol. The summed E-state index contributed by atoms with van der Waals surface area (Å²) in [5.41, 5.74) is 2.95. The van der Waals surface area contributed by atoms with E-state index >= 15 is 0 Å². The Hall–Kier alpha value is -4.37. The lowest BCUT2D eigenvalue weighted by molar-refractivity contribution is -0.172. The van der Waals surface area contributed by atoms with Gasteiger partial charge in [-0.15, -0.1) is 0 Å². The number of pyridine rings is 2. The number of hydrogen-bond acceptors (Lipinski definition) is 8. The summed E-state index contributed by atoms with van der Waals surface area (Å²) in [6, 6.07) is 13.2. The minimum Gasteiger partial charge on any atom is -0.497 e. The van der Waals surface area contributed by atoms with Gasteiger partial charge in [0.15, 0.2) is 17.1 Å². The molecule has 0 saturated heterocycles. The van der Waals surface area contributed by atoms with Gasteiger partial charge in [0.05, 0.1) is 36.1 Å². The summed E-state index contributed by atoms with van der Waals surface area (Å²) in [5.74, 6) is 1.22. The van der Waals surface area contributed by atoms with Crippen LogP contribution in [0.1, 0.15) is 30.0 Å². The molecule has 0 bridgehead atoms. The number of carbonyl (C=O) groups is 1. The molecule has 0 radical (unpaired) electrons. The van der Waals surface area contributed by atoms with E-state index in [4.69, 9.17) is 23.9 Å². The Morgan fingerprint density at radius 3 is 2.54 bits per heavy atom. The van der Waals surface area contributed by atoms with E-state index < -0.39 is 11.6 Å². The lowest BCUT2D eigenvalue weighted by Gasteiger charge is -2.31. The molecule has 7 rings (SSSR count). The quantitative estimate of drug-likeness (QED) is 0.377. The van der Waals surface area contributed by atoms with Crippen LogP contribution in [0.25, 0.3) is 33.4 Å². The molecule has 2 aromatic heterocycles. The highest BCUT2D eigenvalue weighted by molar-refractivity contribution is 6.01. The molecule has 9 nitrogen and oxygen atoms in total. The van der Waals surface area contributed by atoms with E-state index in [1.807, 2.05) is 36.4 Å². The van der Waals surface area contributed by atoms with Gasteiger partial charge in [0, 0.05) is 22.6 Å². The SMILES string of the molecule is CC[C@@]1(O)C(=O)OCc2c1cc1n(c2=O)Cc2c-1nc1cc3c(cc1c2-c1ccc(OC)cc1)OCO3. The van der Waals surface area contributed by atoms with Gasteiger partial charge < -0.3 is 28.6 Å². The maximum Gasteiger partial charge on any atom is 0.343 e. The van der Waals surface area contributed by atoms with E-state index in [1.165, 1.54) is 0 Å². The van der Waals surface area contributed by atoms with Crippen LogP contribution < -0.4 is 19.8 Å². The van der Waals surface area contributed by atoms with Gasteiger partial charge in [-0.2, -0.15) is 0 Å². The van der Waals surface area contributed by atoms with Crippen molar-refractivity contribution in [3.8, 4) is 39.8 Å². The predicted molar refractivity (Wildman–Crippen MR) is 133 cm³/mol. The summed E-state index contributed by atoms with van der Waals surface area (Å²) in [6.45, 7) is 1.94. The lowest BCUT2D eigenvalue weighted by atomic mass is 9.86. The van der Waals surface area contributed by atoms with Gasteiger partial charge in [-0.3, -0.25) is 4.79 Å². The number of methoxy groups -OCH3 is 1. The first-order valence-electron chi connectivity index (χ1n) is 12.0. The van der Waals surface area contributed by atoms with E-state index in [-0.39, 0.29) is 43.1 Å². The van der Waals surface area contributed by atoms with Crippen molar-refractivity contribution in [1.29, 1.82) is 0 Å². The lowest BCUT2D eigenvalue weighted by Crippen LogP contribution is -2.44. The van der Waals surface area contributed by atoms with Gasteiger partial charge in [0.1, 0.15) is 12.4 Å². The maximum atomic E-state index is 13.6. The molecule has 0 saturated carbocycles. The second kappa shape index (κ2) is 7.57. The van der Waals surface area contributed by atoms with Crippen molar-refractivity contribution in [3.05, 3.63) is 69.5 Å². The molecular weight excluding hydrogens is 476 g/mol. The van der Waals surface area contributed by atoms with Gasteiger partial charge >= 0.3 is 5.97 Å². The fourth-order valence-corrected chi connectivity index (χ4v) is 5.56. The largest absolute Gasteiger partial charge is 0.497 e. The van der Waals surface area contributed by atoms with E-state index in [0.717, 1.165) is 27.8 Å². The molecule has 3 aliphatic rings. The normalized spacial score (nSPS) is 18.8. The highest BCUT2D eigenvalue weighted by Gasteiger charge is 2.45. The van der Waals surface area contributed by atoms with Gasteiger partial charge in [-0.05, 0) is 41.8 Å². The van der Waals surface area contributed by atoms with Crippen LogP contribution in [0, 0.1) is 0 Å². The molecule has 0 aliphatic carbocycles. The average molecular weight is 498 g/mol. The topological polar surface area (TPSA) is 109 Å². The summed E-state index contributed by atoms with van der Waals surface area (Å²) >= 11 is 0. The second-order valence-corrected chi connectivity index (χ2v) is 9.37. The smallest absolute Gasteiger partial charge is 0.343 e. The fourth-order valence-electron chi connectivity index (χ4n) is 5.56. The molecule has 0 spiro atoms. The molecule has 9 heteroatoms. The molecule has 1 N–H and O–H groups in total. The number of esters is 1. The Kier molecular flexibility index (Phi) is 4.47. The van der Waals surface area contributed by atoms with E-state index in [9.17, 15) is 14.7 Å². The Balaban J connectivity index is 1.54. The van der Waals surface area contributed by atoms with Crippen molar-refractivity contribution in [2.24, 2.45) is 0 Å². The molecule has 0 unspecified atom stereocenters. The first-order chi connectivity index (χ1) is 17.9. The number of aromatic nitrogens is 2. The van der Waals surface area contributed by atoms with Crippen LogP contribution in [-0.4, -0.2) is 34.5 Å². The van der Waals surface area contributed by atoms with Crippen molar-refractivity contribution >= 4 is 16.9 Å². The first-order valence-corrected chi connectivity index (χ1v) is 12.0. The van der Waals surface area contributed by atoms with Crippen LogP contribution in [-0.2, 0) is 28.3 Å². The number of carbonyl (C=O) groups excluding carboxylic acids is 1. The minimum atomic E-state index is -1.88. The summed E-state index contributed by atoms with van der Waals surface area (Å²) in [4.78, 5) is 31.1. The predicted octanol–water partition coefficient (Wildman–Crippen LogP) is 3.48. The minimum absolute atomic E-state index is 0.0836. The van der Waals surface area contributed by atoms with Crippen LogP contribution in [0.3, 0.4) is 0 Å². The molecular formula is C28H22N2O7. The number of nitrogens with zero attached hydrogens (tertiary/aromatic N) is 2. The Labute approximate surface area is 210 Å². The first kappa shape index (κ1) is 21.9. The Bertz CT molecular complexity index is 1710. The molecule has 186 valence electrons. The third kappa shape index (κ3) is 2.91. The van der Waals surface area contributed by atoms with Gasteiger partial charge in [-0.25, -0.2) is 9.78 Å². The highest BCUT2D eigenvalue weighted by atomic mass is 16.7. The number of cyclic esters (lactones) is 1. The Morgan fingerprint density at radius 1 is 1.05 bits per heavy atom. The van der Waals surface area contributed by atoms with Crippen LogP contribution in [0.2, 0.25) is 0 Å². The molecule has 0 fully saturated rings. The molecule has 2 aromatic carbocycles. The van der Waals surface area contributed by atoms with E-state index in [2.05, 4.69) is 0 Å². The zero-order valence-electron chi connectivity index (χ0n) is 20.2. The zero-order valence-corrected chi connectivity index (χ0v) is 20.2. The summed E-state index contributed by atoms with van der Waals surface area (Å²) < 4.78 is 23.4. The Morgan fingerprint density at radius 2 is 1.81 bits per heavy atom. The third-order valence-corrected chi connectivity index (χ3v) is 7.56. The number of hydrogen-bond donors (Lipinski definition) is 1. The van der Waals surface area contributed by atoms with Crippen LogP contribution in [0.5, 0.6) is 17.2 Å². The van der Waals surface area contributed by atoms with Crippen LogP contribution >= 0.6 is 0 Å². The van der Waals surface area contributed by atoms with Gasteiger partial charge in [0.2, 0.25) is 6.79 Å². The fraction of sp³-hybridized carbons (Fsp3) is 0.250. The second-order valence-electron chi connectivity index (χ2n) is 9.37. The number of ether oxygens (including phenoxy) is 4. The molecule has 1 atom stereocenters. The van der Waals surface area contributed by atoms with Crippen LogP contribution in [0.15, 0.2) is 47.3 Å². The zero-order chi connectivity index (χ0) is 25.5. The van der Waals surface area contributed by atoms with Crippen molar-refractivity contribution in [2.45, 2.75) is 32.1 Å². The number of benzene rings is 2. The van der Waals surface area contributed by atoms with Crippen LogP contribution in [0.4, 0.5) is 0 Å². The molecule has 4 aromatic rings. The third-order valence-electron chi connectivity index (χ3n) is 7.56. The molecule has 37 heavy (non-hydrogen) atoms. The molecule has 0 amide bonds. The van der Waals surface area contributed by atoms with Crippen molar-refractivity contribution in [1.82, 2.24) is 9.55 Å². The number of fused-ring (bicyclic) bond motifs is 6. The van der Waals surface area contributed by atoms with Crippen molar-refractivity contribution in [2.75, 3.05) is 13.9 Å². The summed E-state index contributed by atoms with van der Waals surface area (Å²) in [7, 11) is 1.62. The van der Waals surface area contributed by atoms with Crippen molar-refractivity contribution < 1.29 is 28.8 Å². The number of aliphatic hydroxyl groups is 1. The van der Waals surface area contributed by atoms with Gasteiger partial charge in [-0.1, -0.05) is 19.1 Å². The molecule has 5 heterocycles. The van der Waals surface area contributed by atoms with E-state index in [0.29, 0.717) is 28.4 Å². The van der Waals surface area contributed by atoms with E-state index in [1.54, 1.807) is 24.7 Å². The van der Waals surface area contributed by atoms with Gasteiger partial charge in [0.25, 0.3) is 5.56 Å². The molecule has 3 aliphatic heterocycles.